The molecule has 0 radical (unpaired) electrons. The number of nitrogens with one attached hydrogen (secondary N) is 1. The molecule has 2 heterocycles. The van der Waals surface area contributed by atoms with Gasteiger partial charge in [-0.25, -0.2) is 0 Å². The van der Waals surface area contributed by atoms with Gasteiger partial charge in [-0.05, 0) is 44.3 Å². The van der Waals surface area contributed by atoms with Crippen molar-refractivity contribution in [3.8, 4) is 0 Å². The van der Waals surface area contributed by atoms with Crippen molar-refractivity contribution >= 4 is 11.8 Å². The molecule has 0 bridgehead atoms. The van der Waals surface area contributed by atoms with Crippen molar-refractivity contribution in [2.24, 2.45) is 11.8 Å². The lowest BCUT2D eigenvalue weighted by molar-refractivity contribution is -0.0864. The number of hydrogen-bond acceptors (Lipinski definition) is 5. The average molecular weight is 274 g/mol. The minimum Gasteiger partial charge on any atom is -0.382 e. The first kappa shape index (κ1) is 14.6. The number of hydrazine groups is 1. The molecule has 2 saturated heterocycles. The molecule has 2 rings (SSSR count). The molecule has 2 aliphatic rings. The Morgan fingerprint density at radius 2 is 2.50 bits per heavy atom. The molecule has 3 unspecified atom stereocenters. The Morgan fingerprint density at radius 1 is 1.61 bits per heavy atom. The summed E-state index contributed by atoms with van der Waals surface area (Å²) in [5.74, 6) is 8.75. The van der Waals surface area contributed by atoms with Gasteiger partial charge in [-0.2, -0.15) is 11.8 Å². The summed E-state index contributed by atoms with van der Waals surface area (Å²) in [5, 5.41) is 0. The number of nitrogens with two attached hydrogens (primary N) is 1. The van der Waals surface area contributed by atoms with Gasteiger partial charge in [-0.15, -0.1) is 0 Å². The van der Waals surface area contributed by atoms with E-state index in [4.69, 9.17) is 15.3 Å². The average Bonchev–Trinajstić information content (AvgIpc) is 2.83. The third kappa shape index (κ3) is 3.61. The van der Waals surface area contributed by atoms with Crippen LogP contribution < -0.4 is 11.3 Å². The summed E-state index contributed by atoms with van der Waals surface area (Å²) in [4.78, 5) is 0. The van der Waals surface area contributed by atoms with Gasteiger partial charge in [0.1, 0.15) is 0 Å². The summed E-state index contributed by atoms with van der Waals surface area (Å²) in [5.41, 5.74) is 3.14. The van der Waals surface area contributed by atoms with Crippen LogP contribution in [-0.2, 0) is 9.47 Å². The maximum absolute atomic E-state index is 6.06. The molecule has 0 amide bonds. The Hall–Kier alpha value is 0.190. The van der Waals surface area contributed by atoms with Crippen LogP contribution in [0, 0.1) is 5.92 Å². The summed E-state index contributed by atoms with van der Waals surface area (Å²) >= 11 is 2.02. The second-order valence-corrected chi connectivity index (χ2v) is 6.45. The summed E-state index contributed by atoms with van der Waals surface area (Å²) < 4.78 is 11.5. The molecule has 106 valence electrons. The summed E-state index contributed by atoms with van der Waals surface area (Å²) in [6, 6.07) is 0.364. The largest absolute Gasteiger partial charge is 0.382 e. The molecular formula is C13H26N2O2S. The van der Waals surface area contributed by atoms with E-state index in [9.17, 15) is 0 Å². The van der Waals surface area contributed by atoms with Crippen molar-refractivity contribution < 1.29 is 9.47 Å². The third-order valence-corrected chi connectivity index (χ3v) is 5.38. The van der Waals surface area contributed by atoms with Crippen molar-refractivity contribution in [3.05, 3.63) is 0 Å². The van der Waals surface area contributed by atoms with Crippen molar-refractivity contribution in [2.75, 3.05) is 31.3 Å². The van der Waals surface area contributed by atoms with Crippen molar-refractivity contribution in [2.45, 2.75) is 44.2 Å². The quantitative estimate of drug-likeness (QED) is 0.437. The monoisotopic (exact) mass is 274 g/mol. The first-order chi connectivity index (χ1) is 8.79. The molecule has 3 N–H and O–H groups in total. The van der Waals surface area contributed by atoms with Crippen LogP contribution in [0.4, 0.5) is 0 Å². The molecule has 5 heteroatoms. The second kappa shape index (κ2) is 7.10. The van der Waals surface area contributed by atoms with Gasteiger partial charge >= 0.3 is 0 Å². The molecular weight excluding hydrogens is 248 g/mol. The molecule has 18 heavy (non-hydrogen) atoms. The van der Waals surface area contributed by atoms with Crippen molar-refractivity contribution in [1.82, 2.24) is 5.43 Å². The van der Waals surface area contributed by atoms with Gasteiger partial charge in [0.15, 0.2) is 0 Å². The lowest BCUT2D eigenvalue weighted by Gasteiger charge is -2.40. The summed E-state index contributed by atoms with van der Waals surface area (Å²) in [6.45, 7) is 4.50. The van der Waals surface area contributed by atoms with Gasteiger partial charge in [-0.3, -0.25) is 11.3 Å². The highest BCUT2D eigenvalue weighted by Gasteiger charge is 2.42. The van der Waals surface area contributed by atoms with E-state index in [-0.39, 0.29) is 5.60 Å². The van der Waals surface area contributed by atoms with Crippen LogP contribution in [0.15, 0.2) is 0 Å². The summed E-state index contributed by atoms with van der Waals surface area (Å²) in [6.07, 6.45) is 4.48. The highest BCUT2D eigenvalue weighted by molar-refractivity contribution is 7.99. The van der Waals surface area contributed by atoms with Crippen LogP contribution in [0.25, 0.3) is 0 Å². The van der Waals surface area contributed by atoms with Gasteiger partial charge < -0.3 is 9.47 Å². The number of ether oxygens (including phenoxy) is 2. The van der Waals surface area contributed by atoms with Gasteiger partial charge in [-0.1, -0.05) is 0 Å². The highest BCUT2D eigenvalue weighted by atomic mass is 32.2. The molecule has 3 atom stereocenters. The molecule has 2 aliphatic heterocycles. The van der Waals surface area contributed by atoms with E-state index in [1.165, 1.54) is 12.2 Å². The first-order valence-electron chi connectivity index (χ1n) is 7.05. The van der Waals surface area contributed by atoms with E-state index in [1.54, 1.807) is 0 Å². The van der Waals surface area contributed by atoms with Gasteiger partial charge in [0.2, 0.25) is 0 Å². The predicted octanol–water partition coefficient (Wildman–Crippen LogP) is 1.55. The molecule has 0 aliphatic carbocycles. The van der Waals surface area contributed by atoms with Crippen LogP contribution in [0.1, 0.15) is 32.6 Å². The lowest BCUT2D eigenvalue weighted by atomic mass is 9.80. The van der Waals surface area contributed by atoms with Crippen LogP contribution in [0.3, 0.4) is 0 Å². The van der Waals surface area contributed by atoms with E-state index in [1.807, 2.05) is 18.7 Å². The SMILES string of the molecule is CCOCCC(NN)C1CCOC2(CCSC2)C1. The van der Waals surface area contributed by atoms with Gasteiger partial charge in [0, 0.05) is 31.6 Å². The van der Waals surface area contributed by atoms with E-state index in [2.05, 4.69) is 5.43 Å². The smallest absolute Gasteiger partial charge is 0.0783 e. The zero-order valence-corrected chi connectivity index (χ0v) is 12.1. The van der Waals surface area contributed by atoms with E-state index < -0.39 is 0 Å². The molecule has 0 aromatic rings. The highest BCUT2D eigenvalue weighted by Crippen LogP contribution is 2.41. The number of rotatable bonds is 6. The number of hydrogen-bond donors (Lipinski definition) is 2. The van der Waals surface area contributed by atoms with Crippen LogP contribution in [-0.4, -0.2) is 43.0 Å². The predicted molar refractivity (Wildman–Crippen MR) is 75.6 cm³/mol. The van der Waals surface area contributed by atoms with Crippen LogP contribution in [0.5, 0.6) is 0 Å². The zero-order chi connectivity index (χ0) is 12.8. The molecule has 4 nitrogen and oxygen atoms in total. The van der Waals surface area contributed by atoms with Crippen LogP contribution in [0.2, 0.25) is 0 Å². The fraction of sp³-hybridized carbons (Fsp3) is 1.00. The van der Waals surface area contributed by atoms with E-state index in [0.29, 0.717) is 12.0 Å². The fourth-order valence-electron chi connectivity index (χ4n) is 3.08. The van der Waals surface area contributed by atoms with E-state index >= 15 is 0 Å². The van der Waals surface area contributed by atoms with E-state index in [0.717, 1.165) is 44.8 Å². The van der Waals surface area contributed by atoms with Crippen molar-refractivity contribution in [1.29, 1.82) is 0 Å². The standard InChI is InChI=1S/C13H26N2O2S/c1-2-16-6-4-12(15-14)11-3-7-17-13(9-11)5-8-18-10-13/h11-12,15H,2-10,14H2,1H3. The molecule has 0 aromatic heterocycles. The molecule has 0 saturated carbocycles. The van der Waals surface area contributed by atoms with Gasteiger partial charge in [0.25, 0.3) is 0 Å². The number of thioether (sulfide) groups is 1. The van der Waals surface area contributed by atoms with Gasteiger partial charge in [0.05, 0.1) is 5.60 Å². The summed E-state index contributed by atoms with van der Waals surface area (Å²) in [7, 11) is 0. The molecule has 1 spiro atoms. The maximum atomic E-state index is 6.06. The minimum absolute atomic E-state index is 0.147. The zero-order valence-electron chi connectivity index (χ0n) is 11.3. The topological polar surface area (TPSA) is 56.5 Å². The third-order valence-electron chi connectivity index (χ3n) is 4.16. The van der Waals surface area contributed by atoms with Crippen molar-refractivity contribution in [3.63, 3.8) is 0 Å². The Kier molecular flexibility index (Phi) is 5.76. The molecule has 0 aromatic carbocycles. The Morgan fingerprint density at radius 3 is 3.17 bits per heavy atom. The molecule has 2 fully saturated rings. The fourth-order valence-corrected chi connectivity index (χ4v) is 4.46. The normalized spacial score (nSPS) is 34.0. The van der Waals surface area contributed by atoms with Crippen LogP contribution >= 0.6 is 11.8 Å². The Balaban J connectivity index is 1.85. The Labute approximate surface area is 114 Å². The Bertz CT molecular complexity index is 247. The second-order valence-electron chi connectivity index (χ2n) is 5.35. The first-order valence-corrected chi connectivity index (χ1v) is 8.21. The minimum atomic E-state index is 0.147. The maximum Gasteiger partial charge on any atom is 0.0783 e. The lowest BCUT2D eigenvalue weighted by Crippen LogP contribution is -2.49.